The fourth-order valence-electron chi connectivity index (χ4n) is 6.24. The zero-order valence-electron chi connectivity index (χ0n) is 10.8. The van der Waals surface area contributed by atoms with E-state index in [0.29, 0.717) is 17.1 Å². The number of rotatable bonds is 1. The van der Waals surface area contributed by atoms with Crippen molar-refractivity contribution >= 4 is 5.78 Å². The fourth-order valence-corrected chi connectivity index (χ4v) is 6.24. The molecule has 0 radical (unpaired) electrons. The van der Waals surface area contributed by atoms with Crippen LogP contribution in [0.25, 0.3) is 0 Å². The summed E-state index contributed by atoms with van der Waals surface area (Å²) >= 11 is 0. The molecule has 0 aliphatic heterocycles. The van der Waals surface area contributed by atoms with Crippen LogP contribution in [0, 0.1) is 29.1 Å². The lowest BCUT2D eigenvalue weighted by Gasteiger charge is -2.59. The van der Waals surface area contributed by atoms with Crippen LogP contribution in [0.3, 0.4) is 0 Å². The van der Waals surface area contributed by atoms with Crippen molar-refractivity contribution < 1.29 is 4.79 Å². The number of Topliss-reactive ketones (excluding diaryl/α,β-unsaturated/α-hetero) is 1. The Morgan fingerprint density at radius 3 is 2.00 bits per heavy atom. The lowest BCUT2D eigenvalue weighted by atomic mass is 9.45. The van der Waals surface area contributed by atoms with E-state index in [1.807, 2.05) is 0 Å². The minimum absolute atomic E-state index is 0.477. The Bertz CT molecular complexity index is 308. The molecule has 5 aliphatic carbocycles. The molecule has 0 spiro atoms. The maximum Gasteiger partial charge on any atom is 0.136 e. The second-order valence-electron chi connectivity index (χ2n) is 7.54. The van der Waals surface area contributed by atoms with Gasteiger partial charge in [0.05, 0.1) is 0 Å². The third kappa shape index (κ3) is 1.54. The monoisotopic (exact) mass is 232 g/mol. The Morgan fingerprint density at radius 2 is 1.47 bits per heavy atom. The van der Waals surface area contributed by atoms with Crippen LogP contribution in [0.2, 0.25) is 0 Å². The molecule has 94 valence electrons. The number of ketones is 1. The molecule has 0 aromatic rings. The van der Waals surface area contributed by atoms with Crippen molar-refractivity contribution in [2.24, 2.45) is 29.1 Å². The van der Waals surface area contributed by atoms with Gasteiger partial charge in [0, 0.05) is 12.3 Å². The van der Waals surface area contributed by atoms with Crippen LogP contribution in [-0.2, 0) is 4.79 Å². The predicted molar refractivity (Wildman–Crippen MR) is 67.6 cm³/mol. The van der Waals surface area contributed by atoms with Crippen LogP contribution in [0.15, 0.2) is 0 Å². The Hall–Kier alpha value is -0.330. The second-order valence-corrected chi connectivity index (χ2v) is 7.54. The van der Waals surface area contributed by atoms with Crippen molar-refractivity contribution in [3.8, 4) is 0 Å². The van der Waals surface area contributed by atoms with Crippen LogP contribution in [-0.4, -0.2) is 5.78 Å². The van der Waals surface area contributed by atoms with Gasteiger partial charge in [0.15, 0.2) is 0 Å². The molecule has 5 saturated carbocycles. The SMILES string of the molecule is O=C1CCCC[C@H]1C12CC3CC(CC(C3)C1)C2. The summed E-state index contributed by atoms with van der Waals surface area (Å²) in [5, 5.41) is 0. The molecule has 0 unspecified atom stereocenters. The summed E-state index contributed by atoms with van der Waals surface area (Å²) in [6.45, 7) is 0. The third-order valence-electron chi connectivity index (χ3n) is 6.38. The molecule has 0 amide bonds. The molecule has 0 N–H and O–H groups in total. The lowest BCUT2D eigenvalue weighted by molar-refractivity contribution is -0.142. The van der Waals surface area contributed by atoms with Crippen molar-refractivity contribution in [2.45, 2.75) is 64.2 Å². The van der Waals surface area contributed by atoms with Crippen LogP contribution in [0.1, 0.15) is 64.2 Å². The topological polar surface area (TPSA) is 17.1 Å². The van der Waals surface area contributed by atoms with Gasteiger partial charge in [-0.1, -0.05) is 6.42 Å². The first-order chi connectivity index (χ1) is 8.25. The number of carbonyl (C=O) groups excluding carboxylic acids is 1. The summed E-state index contributed by atoms with van der Waals surface area (Å²) in [6.07, 6.45) is 13.3. The standard InChI is InChI=1S/C16H24O/c17-15-4-2-1-3-14(15)16-8-11-5-12(9-16)7-13(6-11)10-16/h11-14H,1-10H2/t11?,12?,13?,14-,16?/m1/s1. The number of hydrogen-bond acceptors (Lipinski definition) is 1. The minimum atomic E-state index is 0.477. The van der Waals surface area contributed by atoms with E-state index in [-0.39, 0.29) is 0 Å². The Morgan fingerprint density at radius 1 is 0.882 bits per heavy atom. The van der Waals surface area contributed by atoms with Gasteiger partial charge in [-0.05, 0) is 74.5 Å². The zero-order chi connectivity index (χ0) is 11.5. The Kier molecular flexibility index (Phi) is 2.23. The minimum Gasteiger partial charge on any atom is -0.299 e. The molecule has 5 rings (SSSR count). The van der Waals surface area contributed by atoms with Crippen molar-refractivity contribution in [1.29, 1.82) is 0 Å². The van der Waals surface area contributed by atoms with Gasteiger partial charge in [-0.15, -0.1) is 0 Å². The van der Waals surface area contributed by atoms with Crippen molar-refractivity contribution in [1.82, 2.24) is 0 Å². The first kappa shape index (κ1) is 10.6. The Labute approximate surface area is 104 Å². The van der Waals surface area contributed by atoms with Gasteiger partial charge in [-0.2, -0.15) is 0 Å². The van der Waals surface area contributed by atoms with Gasteiger partial charge in [0.2, 0.25) is 0 Å². The van der Waals surface area contributed by atoms with Gasteiger partial charge < -0.3 is 0 Å². The van der Waals surface area contributed by atoms with E-state index in [1.54, 1.807) is 0 Å². The van der Waals surface area contributed by atoms with Crippen molar-refractivity contribution in [3.05, 3.63) is 0 Å². The summed E-state index contributed by atoms with van der Waals surface area (Å²) < 4.78 is 0. The summed E-state index contributed by atoms with van der Waals surface area (Å²) in [5.74, 6) is 4.10. The molecule has 0 aromatic heterocycles. The van der Waals surface area contributed by atoms with E-state index in [9.17, 15) is 4.79 Å². The van der Waals surface area contributed by atoms with E-state index in [1.165, 1.54) is 57.8 Å². The van der Waals surface area contributed by atoms with Crippen LogP contribution in [0.4, 0.5) is 0 Å². The van der Waals surface area contributed by atoms with Gasteiger partial charge in [0.1, 0.15) is 5.78 Å². The number of carbonyl (C=O) groups is 1. The maximum atomic E-state index is 12.3. The highest BCUT2D eigenvalue weighted by Crippen LogP contribution is 2.64. The molecule has 17 heavy (non-hydrogen) atoms. The molecule has 0 aromatic carbocycles. The quantitative estimate of drug-likeness (QED) is 0.668. The predicted octanol–water partition coefficient (Wildman–Crippen LogP) is 3.96. The van der Waals surface area contributed by atoms with E-state index >= 15 is 0 Å². The highest BCUT2D eigenvalue weighted by molar-refractivity contribution is 5.82. The average molecular weight is 232 g/mol. The third-order valence-corrected chi connectivity index (χ3v) is 6.38. The maximum absolute atomic E-state index is 12.3. The van der Waals surface area contributed by atoms with Crippen LogP contribution in [0.5, 0.6) is 0 Å². The second kappa shape index (κ2) is 3.59. The lowest BCUT2D eigenvalue weighted by Crippen LogP contribution is -2.51. The van der Waals surface area contributed by atoms with E-state index in [4.69, 9.17) is 0 Å². The molecule has 4 bridgehead atoms. The van der Waals surface area contributed by atoms with E-state index < -0.39 is 0 Å². The van der Waals surface area contributed by atoms with Crippen molar-refractivity contribution in [2.75, 3.05) is 0 Å². The first-order valence-electron chi connectivity index (χ1n) is 7.78. The molecular formula is C16H24O. The molecular weight excluding hydrogens is 208 g/mol. The largest absolute Gasteiger partial charge is 0.299 e. The van der Waals surface area contributed by atoms with Crippen LogP contribution >= 0.6 is 0 Å². The Balaban J connectivity index is 1.65. The van der Waals surface area contributed by atoms with Gasteiger partial charge >= 0.3 is 0 Å². The molecule has 5 aliphatic rings. The van der Waals surface area contributed by atoms with E-state index in [0.717, 1.165) is 24.2 Å². The molecule has 0 heterocycles. The highest BCUT2D eigenvalue weighted by atomic mass is 16.1. The van der Waals surface area contributed by atoms with Crippen LogP contribution < -0.4 is 0 Å². The molecule has 0 saturated heterocycles. The molecule has 1 atom stereocenters. The fraction of sp³-hybridized carbons (Fsp3) is 0.938. The molecule has 1 nitrogen and oxygen atoms in total. The normalized spacial score (nSPS) is 53.1. The molecule has 1 heteroatoms. The van der Waals surface area contributed by atoms with Gasteiger partial charge in [-0.25, -0.2) is 0 Å². The van der Waals surface area contributed by atoms with E-state index in [2.05, 4.69) is 0 Å². The summed E-state index contributed by atoms with van der Waals surface area (Å²) in [7, 11) is 0. The van der Waals surface area contributed by atoms with Gasteiger partial charge in [0.25, 0.3) is 0 Å². The highest BCUT2D eigenvalue weighted by Gasteiger charge is 2.55. The van der Waals surface area contributed by atoms with Crippen molar-refractivity contribution in [3.63, 3.8) is 0 Å². The smallest absolute Gasteiger partial charge is 0.136 e. The number of hydrogen-bond donors (Lipinski definition) is 0. The summed E-state index contributed by atoms with van der Waals surface area (Å²) in [4.78, 5) is 12.3. The molecule has 5 fully saturated rings. The average Bonchev–Trinajstić information content (AvgIpc) is 2.27. The summed E-state index contributed by atoms with van der Waals surface area (Å²) in [5.41, 5.74) is 0.492. The summed E-state index contributed by atoms with van der Waals surface area (Å²) in [6, 6.07) is 0. The van der Waals surface area contributed by atoms with Gasteiger partial charge in [-0.3, -0.25) is 4.79 Å². The zero-order valence-corrected chi connectivity index (χ0v) is 10.8. The first-order valence-corrected chi connectivity index (χ1v) is 7.78.